The number of carbonyl (C=O) groups excluding carboxylic acids is 1. The number of aromatic nitrogens is 2. The molecule has 0 saturated carbocycles. The van der Waals surface area contributed by atoms with Crippen LogP contribution in [-0.2, 0) is 17.6 Å². The molecule has 0 fully saturated rings. The first-order valence-electron chi connectivity index (χ1n) is 9.77. The van der Waals surface area contributed by atoms with Crippen molar-refractivity contribution in [2.45, 2.75) is 31.2 Å². The molecule has 3 aromatic rings. The summed E-state index contributed by atoms with van der Waals surface area (Å²) in [5.41, 5.74) is 4.77. The average molecular weight is 441 g/mol. The topological polar surface area (TPSA) is 85.7 Å². The lowest BCUT2D eigenvalue weighted by atomic mass is 9.89. The van der Waals surface area contributed by atoms with Gasteiger partial charge in [-0.2, -0.15) is 5.10 Å². The molecule has 1 unspecified atom stereocenters. The van der Waals surface area contributed by atoms with E-state index in [0.29, 0.717) is 17.4 Å². The van der Waals surface area contributed by atoms with Gasteiger partial charge < -0.3 is 9.47 Å². The van der Waals surface area contributed by atoms with Crippen LogP contribution in [-0.4, -0.2) is 34.6 Å². The van der Waals surface area contributed by atoms with E-state index in [1.165, 1.54) is 28.6 Å². The molecule has 7 nitrogen and oxygen atoms in total. The highest BCUT2D eigenvalue weighted by Gasteiger charge is 2.23. The van der Waals surface area contributed by atoms with Crippen molar-refractivity contribution in [2.75, 3.05) is 12.5 Å². The van der Waals surface area contributed by atoms with Crippen LogP contribution in [0.5, 0.6) is 11.5 Å². The van der Waals surface area contributed by atoms with Crippen LogP contribution >= 0.6 is 23.1 Å². The molecule has 1 N–H and O–H groups in total. The summed E-state index contributed by atoms with van der Waals surface area (Å²) in [6.07, 6.45) is 6.53. The van der Waals surface area contributed by atoms with Crippen molar-refractivity contribution < 1.29 is 14.3 Å². The number of ether oxygens (including phenoxy) is 2. The fraction of sp³-hybridized carbons (Fsp3) is 0.333. The van der Waals surface area contributed by atoms with Crippen molar-refractivity contribution >= 4 is 45.4 Å². The standard InChI is InChI=1S/C21H20N4O3S2/c1-12-2-4-14-17(6-12)30-21-19(14)20(22-10-23-21)29-9-18(26)25-24-8-13-3-5-15-16(7-13)28-11-27-15/h3,5,7-8,10,12H,2,4,6,9,11H2,1H3,(H,25,26). The first kappa shape index (κ1) is 19.3. The van der Waals surface area contributed by atoms with Crippen molar-refractivity contribution in [2.24, 2.45) is 11.0 Å². The third kappa shape index (κ3) is 3.87. The van der Waals surface area contributed by atoms with Crippen LogP contribution in [0.25, 0.3) is 10.2 Å². The molecule has 1 aliphatic carbocycles. The molecule has 2 aliphatic rings. The highest BCUT2D eigenvalue weighted by atomic mass is 32.2. The number of fused-ring (bicyclic) bond motifs is 4. The number of thioether (sulfide) groups is 1. The first-order chi connectivity index (χ1) is 14.7. The van der Waals surface area contributed by atoms with Crippen molar-refractivity contribution in [1.82, 2.24) is 15.4 Å². The Kier molecular flexibility index (Phi) is 5.30. The molecule has 5 rings (SSSR count). The number of nitrogens with zero attached hydrogens (tertiary/aromatic N) is 3. The Hall–Kier alpha value is -2.65. The summed E-state index contributed by atoms with van der Waals surface area (Å²) < 4.78 is 10.6. The fourth-order valence-electron chi connectivity index (χ4n) is 3.69. The summed E-state index contributed by atoms with van der Waals surface area (Å²) >= 11 is 3.20. The minimum Gasteiger partial charge on any atom is -0.454 e. The summed E-state index contributed by atoms with van der Waals surface area (Å²) in [5.74, 6) is 2.17. The number of benzene rings is 1. The molecule has 9 heteroatoms. The number of amides is 1. The van der Waals surface area contributed by atoms with Gasteiger partial charge in [0.1, 0.15) is 16.2 Å². The van der Waals surface area contributed by atoms with Gasteiger partial charge in [0.15, 0.2) is 11.5 Å². The molecule has 1 aromatic carbocycles. The van der Waals surface area contributed by atoms with E-state index in [2.05, 4.69) is 27.4 Å². The van der Waals surface area contributed by atoms with Gasteiger partial charge in [-0.1, -0.05) is 18.7 Å². The molecule has 0 spiro atoms. The monoisotopic (exact) mass is 440 g/mol. The van der Waals surface area contributed by atoms with E-state index in [0.717, 1.165) is 33.6 Å². The number of nitrogens with one attached hydrogen (secondary N) is 1. The van der Waals surface area contributed by atoms with E-state index in [4.69, 9.17) is 9.47 Å². The molecule has 0 bridgehead atoms. The molecule has 2 aromatic heterocycles. The minimum atomic E-state index is -0.179. The van der Waals surface area contributed by atoms with E-state index < -0.39 is 0 Å². The number of hydrogen-bond donors (Lipinski definition) is 1. The predicted molar refractivity (Wildman–Crippen MR) is 118 cm³/mol. The maximum absolute atomic E-state index is 12.3. The van der Waals surface area contributed by atoms with Crippen LogP contribution in [0.3, 0.4) is 0 Å². The molecule has 0 radical (unpaired) electrons. The van der Waals surface area contributed by atoms with E-state index in [1.807, 2.05) is 18.2 Å². The normalized spacial score (nSPS) is 17.4. The van der Waals surface area contributed by atoms with E-state index in [-0.39, 0.29) is 18.5 Å². The molecular weight excluding hydrogens is 420 g/mol. The molecule has 3 heterocycles. The highest BCUT2D eigenvalue weighted by molar-refractivity contribution is 8.00. The smallest absolute Gasteiger partial charge is 0.250 e. The van der Waals surface area contributed by atoms with Crippen LogP contribution in [0, 0.1) is 5.92 Å². The molecule has 30 heavy (non-hydrogen) atoms. The second-order valence-electron chi connectivity index (χ2n) is 7.41. The van der Waals surface area contributed by atoms with E-state index in [1.54, 1.807) is 23.9 Å². The molecule has 154 valence electrons. The Bertz CT molecular complexity index is 1140. The number of hydrazone groups is 1. The van der Waals surface area contributed by atoms with Crippen LogP contribution in [0.4, 0.5) is 0 Å². The van der Waals surface area contributed by atoms with Crippen LogP contribution in [0.2, 0.25) is 0 Å². The van der Waals surface area contributed by atoms with Gasteiger partial charge in [-0.15, -0.1) is 11.3 Å². The lowest BCUT2D eigenvalue weighted by Crippen LogP contribution is -2.19. The number of hydrogen-bond acceptors (Lipinski definition) is 8. The minimum absolute atomic E-state index is 0.179. The van der Waals surface area contributed by atoms with Crippen molar-refractivity contribution in [3.05, 3.63) is 40.5 Å². The van der Waals surface area contributed by atoms with Gasteiger partial charge in [0.2, 0.25) is 12.7 Å². The molecule has 0 saturated heterocycles. The van der Waals surface area contributed by atoms with Crippen molar-refractivity contribution in [3.8, 4) is 11.5 Å². The fourth-order valence-corrected chi connectivity index (χ4v) is 5.93. The first-order valence-corrected chi connectivity index (χ1v) is 11.6. The van der Waals surface area contributed by atoms with Crippen LogP contribution < -0.4 is 14.9 Å². The lowest BCUT2D eigenvalue weighted by molar-refractivity contribution is -0.118. The van der Waals surface area contributed by atoms with Gasteiger partial charge in [-0.05, 0) is 54.5 Å². The Morgan fingerprint density at radius 1 is 1.37 bits per heavy atom. The van der Waals surface area contributed by atoms with Crippen molar-refractivity contribution in [3.63, 3.8) is 0 Å². The van der Waals surface area contributed by atoms with Gasteiger partial charge in [0.25, 0.3) is 0 Å². The largest absolute Gasteiger partial charge is 0.454 e. The molecule has 1 aliphatic heterocycles. The Labute approximate surface area is 181 Å². The number of thiophene rings is 1. The Morgan fingerprint density at radius 2 is 2.27 bits per heavy atom. The predicted octanol–water partition coefficient (Wildman–Crippen LogP) is 3.79. The summed E-state index contributed by atoms with van der Waals surface area (Å²) in [7, 11) is 0. The van der Waals surface area contributed by atoms with Crippen LogP contribution in [0.1, 0.15) is 29.3 Å². The molecule has 1 amide bonds. The second kappa shape index (κ2) is 8.23. The summed E-state index contributed by atoms with van der Waals surface area (Å²) in [6.45, 7) is 2.52. The van der Waals surface area contributed by atoms with Gasteiger partial charge in [0, 0.05) is 10.3 Å². The third-order valence-electron chi connectivity index (χ3n) is 5.20. The second-order valence-corrected chi connectivity index (χ2v) is 9.45. The number of rotatable bonds is 5. The zero-order chi connectivity index (χ0) is 20.5. The zero-order valence-electron chi connectivity index (χ0n) is 16.4. The third-order valence-corrected chi connectivity index (χ3v) is 7.35. The summed E-state index contributed by atoms with van der Waals surface area (Å²) in [5, 5.41) is 6.05. The quantitative estimate of drug-likeness (QED) is 0.281. The Balaban J connectivity index is 1.23. The zero-order valence-corrected chi connectivity index (χ0v) is 18.0. The maximum atomic E-state index is 12.3. The van der Waals surface area contributed by atoms with Crippen molar-refractivity contribution in [1.29, 1.82) is 0 Å². The summed E-state index contributed by atoms with van der Waals surface area (Å²) in [4.78, 5) is 23.6. The van der Waals surface area contributed by atoms with Crippen LogP contribution in [0.15, 0.2) is 34.7 Å². The van der Waals surface area contributed by atoms with E-state index in [9.17, 15) is 4.79 Å². The lowest BCUT2D eigenvalue weighted by Gasteiger charge is -2.18. The van der Waals surface area contributed by atoms with Gasteiger partial charge in [-0.3, -0.25) is 4.79 Å². The van der Waals surface area contributed by atoms with Gasteiger partial charge in [-0.25, -0.2) is 15.4 Å². The maximum Gasteiger partial charge on any atom is 0.250 e. The molecule has 1 atom stereocenters. The number of aryl methyl sites for hydroxylation is 1. The highest BCUT2D eigenvalue weighted by Crippen LogP contribution is 2.40. The summed E-state index contributed by atoms with van der Waals surface area (Å²) in [6, 6.07) is 5.51. The Morgan fingerprint density at radius 3 is 3.20 bits per heavy atom. The van der Waals surface area contributed by atoms with Gasteiger partial charge >= 0.3 is 0 Å². The average Bonchev–Trinajstić information content (AvgIpc) is 3.35. The van der Waals surface area contributed by atoms with E-state index >= 15 is 0 Å². The SMILES string of the molecule is CC1CCc2c(sc3ncnc(SCC(=O)NN=Cc4ccc5c(c4)OCO5)c23)C1. The van der Waals surface area contributed by atoms with Gasteiger partial charge in [0.05, 0.1) is 12.0 Å². The number of carbonyl (C=O) groups is 1. The molecular formula is C21H20N4O3S2.